The van der Waals surface area contributed by atoms with Gasteiger partial charge in [0.1, 0.15) is 12.4 Å². The maximum atomic E-state index is 12.8. The maximum Gasteiger partial charge on any atom is 0.270 e. The van der Waals surface area contributed by atoms with Gasteiger partial charge in [-0.05, 0) is 36.4 Å². The van der Waals surface area contributed by atoms with Crippen molar-refractivity contribution in [2.75, 3.05) is 11.5 Å². The quantitative estimate of drug-likeness (QED) is 0.359. The third-order valence-corrected chi connectivity index (χ3v) is 5.22. The minimum Gasteiger partial charge on any atom is -0.489 e. The second kappa shape index (κ2) is 7.99. The van der Waals surface area contributed by atoms with Gasteiger partial charge in [-0.15, -0.1) is 0 Å². The molecule has 6 heteroatoms. The van der Waals surface area contributed by atoms with E-state index in [1.54, 1.807) is 11.0 Å². The van der Waals surface area contributed by atoms with E-state index in [9.17, 15) is 4.79 Å². The third-order valence-electron chi connectivity index (χ3n) is 3.42. The largest absolute Gasteiger partial charge is 0.489 e. The molecule has 1 aliphatic rings. The molecular formula is C19H14BrNO2S2. The van der Waals surface area contributed by atoms with E-state index >= 15 is 0 Å². The van der Waals surface area contributed by atoms with Crippen LogP contribution >= 0.6 is 39.9 Å². The number of hydrogen-bond donors (Lipinski definition) is 0. The third kappa shape index (κ3) is 4.03. The Labute approximate surface area is 164 Å². The van der Waals surface area contributed by atoms with Crippen LogP contribution in [0.2, 0.25) is 0 Å². The molecule has 0 atom stereocenters. The highest BCUT2D eigenvalue weighted by Gasteiger charge is 2.33. The number of nitrogens with zero attached hydrogens (tertiary/aromatic N) is 1. The van der Waals surface area contributed by atoms with Crippen molar-refractivity contribution in [2.24, 2.45) is 0 Å². The maximum absolute atomic E-state index is 12.8. The van der Waals surface area contributed by atoms with E-state index in [1.807, 2.05) is 54.6 Å². The SMILES string of the molecule is C=CCOc1ccc(Br)cc1/C=C1/SC(=S)N(c2ccccc2)C1=O. The molecular weight excluding hydrogens is 418 g/mol. The van der Waals surface area contributed by atoms with Crippen molar-refractivity contribution in [1.82, 2.24) is 0 Å². The summed E-state index contributed by atoms with van der Waals surface area (Å²) in [6.45, 7) is 4.06. The van der Waals surface area contributed by atoms with Crippen LogP contribution < -0.4 is 9.64 Å². The number of hydrogen-bond acceptors (Lipinski definition) is 4. The zero-order valence-electron chi connectivity index (χ0n) is 13.1. The number of anilines is 1. The topological polar surface area (TPSA) is 29.5 Å². The Bertz CT molecular complexity index is 865. The monoisotopic (exact) mass is 431 g/mol. The molecule has 1 aliphatic heterocycles. The van der Waals surface area contributed by atoms with Crippen LogP contribution in [0.3, 0.4) is 0 Å². The summed E-state index contributed by atoms with van der Waals surface area (Å²) in [5, 5.41) is 0. The van der Waals surface area contributed by atoms with E-state index in [4.69, 9.17) is 17.0 Å². The number of halogens is 1. The summed E-state index contributed by atoms with van der Waals surface area (Å²) >= 11 is 10.1. The molecule has 1 amide bonds. The first-order valence-corrected chi connectivity index (χ1v) is 9.48. The molecule has 0 saturated carbocycles. The van der Waals surface area contributed by atoms with Gasteiger partial charge in [0.15, 0.2) is 4.32 Å². The summed E-state index contributed by atoms with van der Waals surface area (Å²) in [6.07, 6.45) is 3.49. The molecule has 1 saturated heterocycles. The molecule has 3 nitrogen and oxygen atoms in total. The Hall–Kier alpha value is -1.89. The van der Waals surface area contributed by atoms with Gasteiger partial charge in [0.25, 0.3) is 5.91 Å². The summed E-state index contributed by atoms with van der Waals surface area (Å²) in [4.78, 5) is 14.9. The Balaban J connectivity index is 1.95. The number of carbonyl (C=O) groups is 1. The summed E-state index contributed by atoms with van der Waals surface area (Å²) in [7, 11) is 0. The van der Waals surface area contributed by atoms with E-state index in [0.717, 1.165) is 15.7 Å². The number of para-hydroxylation sites is 1. The average molecular weight is 432 g/mol. The van der Waals surface area contributed by atoms with Crippen LogP contribution in [-0.4, -0.2) is 16.8 Å². The lowest BCUT2D eigenvalue weighted by atomic mass is 10.2. The second-order valence-electron chi connectivity index (χ2n) is 5.13. The lowest BCUT2D eigenvalue weighted by molar-refractivity contribution is -0.113. The van der Waals surface area contributed by atoms with Crippen LogP contribution in [-0.2, 0) is 4.79 Å². The molecule has 0 spiro atoms. The molecule has 1 heterocycles. The van der Waals surface area contributed by atoms with Gasteiger partial charge in [-0.2, -0.15) is 0 Å². The van der Waals surface area contributed by atoms with E-state index in [-0.39, 0.29) is 5.91 Å². The van der Waals surface area contributed by atoms with E-state index in [0.29, 0.717) is 21.6 Å². The lowest BCUT2D eigenvalue weighted by Crippen LogP contribution is -2.27. The van der Waals surface area contributed by atoms with Crippen molar-refractivity contribution < 1.29 is 9.53 Å². The fraction of sp³-hybridized carbons (Fsp3) is 0.0526. The van der Waals surface area contributed by atoms with E-state index in [1.165, 1.54) is 11.8 Å². The predicted octanol–water partition coefficient (Wildman–Crippen LogP) is 5.42. The first-order chi connectivity index (χ1) is 12.1. The molecule has 3 rings (SSSR count). The summed E-state index contributed by atoms with van der Waals surface area (Å²) in [6, 6.07) is 15.1. The van der Waals surface area contributed by atoms with Crippen molar-refractivity contribution >= 4 is 61.9 Å². The molecule has 25 heavy (non-hydrogen) atoms. The first-order valence-electron chi connectivity index (χ1n) is 7.46. The molecule has 0 bridgehead atoms. The molecule has 2 aromatic rings. The minimum absolute atomic E-state index is 0.129. The van der Waals surface area contributed by atoms with Crippen LogP contribution in [0.5, 0.6) is 5.75 Å². The molecule has 0 radical (unpaired) electrons. The van der Waals surface area contributed by atoms with Crippen LogP contribution in [0.15, 0.2) is 70.6 Å². The van der Waals surface area contributed by atoms with Gasteiger partial charge in [-0.3, -0.25) is 9.69 Å². The normalized spacial score (nSPS) is 15.7. The number of benzene rings is 2. The number of ether oxygens (including phenoxy) is 1. The van der Waals surface area contributed by atoms with E-state index in [2.05, 4.69) is 22.5 Å². The molecule has 0 aliphatic carbocycles. The highest BCUT2D eigenvalue weighted by atomic mass is 79.9. The number of thiocarbonyl (C=S) groups is 1. The van der Waals surface area contributed by atoms with Crippen LogP contribution in [0.25, 0.3) is 6.08 Å². The Morgan fingerprint density at radius 3 is 2.72 bits per heavy atom. The van der Waals surface area contributed by atoms with Gasteiger partial charge < -0.3 is 4.74 Å². The average Bonchev–Trinajstić information content (AvgIpc) is 2.88. The molecule has 2 aromatic carbocycles. The van der Waals surface area contributed by atoms with Gasteiger partial charge in [0, 0.05) is 10.0 Å². The van der Waals surface area contributed by atoms with Gasteiger partial charge >= 0.3 is 0 Å². The van der Waals surface area contributed by atoms with Crippen molar-refractivity contribution in [3.63, 3.8) is 0 Å². The number of thioether (sulfide) groups is 1. The molecule has 126 valence electrons. The van der Waals surface area contributed by atoms with Crippen molar-refractivity contribution in [3.8, 4) is 5.75 Å². The molecule has 0 aromatic heterocycles. The van der Waals surface area contributed by atoms with Gasteiger partial charge in [0.05, 0.1) is 10.6 Å². The number of amides is 1. The summed E-state index contributed by atoms with van der Waals surface area (Å²) in [5.41, 5.74) is 1.58. The Kier molecular flexibility index (Phi) is 5.73. The minimum atomic E-state index is -0.129. The summed E-state index contributed by atoms with van der Waals surface area (Å²) < 4.78 is 7.10. The van der Waals surface area contributed by atoms with Crippen LogP contribution in [0, 0.1) is 0 Å². The second-order valence-corrected chi connectivity index (χ2v) is 7.73. The highest BCUT2D eigenvalue weighted by molar-refractivity contribution is 9.10. The number of carbonyl (C=O) groups excluding carboxylic acids is 1. The Morgan fingerprint density at radius 2 is 2.00 bits per heavy atom. The van der Waals surface area contributed by atoms with Gasteiger partial charge in [0.2, 0.25) is 0 Å². The highest BCUT2D eigenvalue weighted by Crippen LogP contribution is 2.37. The van der Waals surface area contributed by atoms with E-state index < -0.39 is 0 Å². The smallest absolute Gasteiger partial charge is 0.270 e. The lowest BCUT2D eigenvalue weighted by Gasteiger charge is -2.14. The van der Waals surface area contributed by atoms with Crippen molar-refractivity contribution in [2.45, 2.75) is 0 Å². The van der Waals surface area contributed by atoms with Crippen molar-refractivity contribution in [3.05, 3.63) is 76.1 Å². The molecule has 0 unspecified atom stereocenters. The molecule has 1 fully saturated rings. The van der Waals surface area contributed by atoms with Gasteiger partial charge in [-0.25, -0.2) is 0 Å². The zero-order chi connectivity index (χ0) is 17.8. The fourth-order valence-corrected chi connectivity index (χ4v) is 3.99. The number of rotatable bonds is 5. The van der Waals surface area contributed by atoms with Crippen LogP contribution in [0.1, 0.15) is 5.56 Å². The van der Waals surface area contributed by atoms with Crippen LogP contribution in [0.4, 0.5) is 5.69 Å². The Morgan fingerprint density at radius 1 is 1.24 bits per heavy atom. The zero-order valence-corrected chi connectivity index (χ0v) is 16.4. The standard InChI is InChI=1S/C19H14BrNO2S2/c1-2-10-23-16-9-8-14(20)11-13(16)12-17-18(22)21(19(24)25-17)15-6-4-3-5-7-15/h2-9,11-12H,1,10H2/b17-12+. The summed E-state index contributed by atoms with van der Waals surface area (Å²) in [5.74, 6) is 0.559. The molecule has 0 N–H and O–H groups in total. The fourth-order valence-electron chi connectivity index (χ4n) is 2.32. The van der Waals surface area contributed by atoms with Gasteiger partial charge in [-0.1, -0.05) is 70.8 Å². The van der Waals surface area contributed by atoms with Crippen molar-refractivity contribution in [1.29, 1.82) is 0 Å². The predicted molar refractivity (Wildman–Crippen MR) is 112 cm³/mol. The first kappa shape index (κ1) is 17.9.